The summed E-state index contributed by atoms with van der Waals surface area (Å²) in [4.78, 5) is 43.3. The highest BCUT2D eigenvalue weighted by Gasteiger charge is 2.42. The van der Waals surface area contributed by atoms with Crippen LogP contribution in [0.1, 0.15) is 19.2 Å². The third-order valence-corrected chi connectivity index (χ3v) is 13.0. The molecule has 19 heteroatoms. The molecule has 16 nitrogen and oxygen atoms in total. The maximum atomic E-state index is 15.6. The van der Waals surface area contributed by atoms with E-state index in [9.17, 15) is 9.18 Å². The van der Waals surface area contributed by atoms with Gasteiger partial charge < -0.3 is 43.7 Å². The lowest BCUT2D eigenvalue weighted by Crippen LogP contribution is -2.53. The molecule has 8 heterocycles. The summed E-state index contributed by atoms with van der Waals surface area (Å²) in [6.45, 7) is 10.2. The van der Waals surface area contributed by atoms with Gasteiger partial charge in [-0.2, -0.15) is 15.1 Å². The van der Waals surface area contributed by atoms with Crippen LogP contribution in [0.3, 0.4) is 0 Å². The zero-order valence-corrected chi connectivity index (χ0v) is 36.3. The predicted octanol–water partition coefficient (Wildman–Crippen LogP) is 4.67. The van der Waals surface area contributed by atoms with Gasteiger partial charge in [0.25, 0.3) is 0 Å². The number of benzene rings is 2. The molecule has 4 aromatic heterocycles. The largest absolute Gasteiger partial charge is 0.381 e. The lowest BCUT2D eigenvalue weighted by Gasteiger charge is -2.40. The van der Waals surface area contributed by atoms with Crippen molar-refractivity contribution in [2.75, 3.05) is 95.0 Å². The van der Waals surface area contributed by atoms with Crippen molar-refractivity contribution in [2.24, 2.45) is 5.92 Å². The molecular weight excluding hydrogens is 830 g/mol. The van der Waals surface area contributed by atoms with Gasteiger partial charge in [0, 0.05) is 76.5 Å². The maximum absolute atomic E-state index is 15.6. The van der Waals surface area contributed by atoms with E-state index in [1.165, 1.54) is 28.9 Å². The number of fused-ring (bicyclic) bond motifs is 6. The molecule has 4 aliphatic rings. The Balaban J connectivity index is 1.08. The molecule has 3 fully saturated rings. The zero-order chi connectivity index (χ0) is 44.2. The van der Waals surface area contributed by atoms with Gasteiger partial charge in [-0.15, -0.1) is 0 Å². The number of morpholine rings is 1. The normalized spacial score (nSPS) is 22.0. The first-order valence-corrected chi connectivity index (χ1v) is 21.9. The second kappa shape index (κ2) is 17.2. The van der Waals surface area contributed by atoms with Crippen LogP contribution in [0.25, 0.3) is 39.0 Å². The molecule has 1 amide bonds. The van der Waals surface area contributed by atoms with Crippen LogP contribution in [0.15, 0.2) is 54.7 Å². The Bertz CT molecular complexity index is 2710. The summed E-state index contributed by atoms with van der Waals surface area (Å²) < 4.78 is 66.0. The van der Waals surface area contributed by atoms with Crippen LogP contribution in [-0.2, 0) is 25.5 Å². The molecule has 1 unspecified atom stereocenters. The number of carbonyl (C=O) groups excluding carboxylic acids is 1. The van der Waals surface area contributed by atoms with E-state index >= 15 is 8.78 Å². The number of anilines is 3. The molecule has 0 aliphatic carbocycles. The Morgan fingerprint density at radius 3 is 2.58 bits per heavy atom. The molecule has 64 heavy (non-hydrogen) atoms. The van der Waals surface area contributed by atoms with Gasteiger partial charge in [-0.3, -0.25) is 4.79 Å². The molecule has 336 valence electrons. The number of hydrogen-bond acceptors (Lipinski definition) is 13. The Kier molecular flexibility index (Phi) is 11.3. The van der Waals surface area contributed by atoms with Gasteiger partial charge in [0.05, 0.1) is 73.4 Å². The second-order valence-corrected chi connectivity index (χ2v) is 17.2. The van der Waals surface area contributed by atoms with E-state index in [0.29, 0.717) is 103 Å². The number of imidazole rings is 1. The summed E-state index contributed by atoms with van der Waals surface area (Å²) in [5, 5.41) is 8.69. The van der Waals surface area contributed by atoms with Gasteiger partial charge in [-0.05, 0) is 50.2 Å². The van der Waals surface area contributed by atoms with Crippen molar-refractivity contribution >= 4 is 45.6 Å². The molecule has 2 aromatic carbocycles. The number of ether oxygens (including phenoxy) is 3. The number of pyridine rings is 1. The number of halogens is 3. The molecule has 4 bridgehead atoms. The third-order valence-electron chi connectivity index (χ3n) is 13.0. The molecule has 0 radical (unpaired) electrons. The van der Waals surface area contributed by atoms with E-state index < -0.39 is 29.6 Å². The number of aromatic nitrogens is 7. The van der Waals surface area contributed by atoms with Crippen LogP contribution in [0.2, 0.25) is 0 Å². The number of nitrogens with one attached hydrogen (secondary N) is 1. The minimum Gasteiger partial charge on any atom is -0.381 e. The Morgan fingerprint density at radius 1 is 0.938 bits per heavy atom. The first-order chi connectivity index (χ1) is 31.0. The Hall–Kier alpha value is -5.89. The lowest BCUT2D eigenvalue weighted by atomic mass is 10.1. The van der Waals surface area contributed by atoms with Gasteiger partial charge >= 0.3 is 0 Å². The highest BCUT2D eigenvalue weighted by molar-refractivity contribution is 5.94. The summed E-state index contributed by atoms with van der Waals surface area (Å²) in [5.74, 6) is 0.398. The van der Waals surface area contributed by atoms with E-state index in [4.69, 9.17) is 34.1 Å². The molecule has 0 spiro atoms. The van der Waals surface area contributed by atoms with Crippen molar-refractivity contribution < 1.29 is 32.2 Å². The quantitative estimate of drug-likeness (QED) is 0.215. The molecule has 0 saturated carbocycles. The number of aryl methyl sites for hydroxylation is 1. The summed E-state index contributed by atoms with van der Waals surface area (Å²) >= 11 is 0. The fraction of sp³-hybridized carbons (Fsp3) is 0.467. The molecule has 3 saturated heterocycles. The first-order valence-electron chi connectivity index (χ1n) is 21.9. The highest BCUT2D eigenvalue weighted by atomic mass is 19.1. The minimum absolute atomic E-state index is 0.0172. The third kappa shape index (κ3) is 7.87. The van der Waals surface area contributed by atoms with Crippen molar-refractivity contribution in [1.29, 1.82) is 0 Å². The number of methoxy groups -OCH3 is 1. The molecule has 6 aromatic rings. The van der Waals surface area contributed by atoms with E-state index in [0.717, 1.165) is 37.9 Å². The lowest BCUT2D eigenvalue weighted by molar-refractivity contribution is -0.132. The van der Waals surface area contributed by atoms with Crippen LogP contribution < -0.4 is 15.1 Å². The van der Waals surface area contributed by atoms with Crippen molar-refractivity contribution in [3.8, 4) is 16.9 Å². The number of nitrogens with zero attached hydrogens (tertiary/aromatic N) is 11. The van der Waals surface area contributed by atoms with Crippen LogP contribution >= 0.6 is 0 Å². The summed E-state index contributed by atoms with van der Waals surface area (Å²) in [5.41, 5.74) is 2.69. The van der Waals surface area contributed by atoms with Crippen molar-refractivity contribution in [1.82, 2.24) is 44.1 Å². The molecule has 10 rings (SSSR count). The topological polar surface area (TPSA) is 144 Å². The fourth-order valence-corrected chi connectivity index (χ4v) is 9.63. The predicted molar refractivity (Wildman–Crippen MR) is 234 cm³/mol. The van der Waals surface area contributed by atoms with E-state index in [-0.39, 0.29) is 30.2 Å². The average molecular weight is 881 g/mol. The summed E-state index contributed by atoms with van der Waals surface area (Å²) in [7, 11) is 3.37. The highest BCUT2D eigenvalue weighted by Crippen LogP contribution is 2.37. The zero-order valence-electron chi connectivity index (χ0n) is 36.3. The average Bonchev–Trinajstić information content (AvgIpc) is 3.98. The van der Waals surface area contributed by atoms with E-state index in [1.54, 1.807) is 25.3 Å². The van der Waals surface area contributed by atoms with Gasteiger partial charge in [0.2, 0.25) is 11.9 Å². The number of rotatable bonds is 9. The van der Waals surface area contributed by atoms with Gasteiger partial charge in [-0.25, -0.2) is 27.8 Å². The van der Waals surface area contributed by atoms with Gasteiger partial charge in [-0.1, -0.05) is 13.0 Å². The smallest absolute Gasteiger partial charge is 0.245 e. The Morgan fingerprint density at radius 2 is 1.80 bits per heavy atom. The maximum Gasteiger partial charge on any atom is 0.245 e. The monoisotopic (exact) mass is 880 g/mol. The molecule has 4 aliphatic heterocycles. The number of likely N-dealkylation sites (N-methyl/N-ethyl adjacent to an activating group) is 2. The van der Waals surface area contributed by atoms with Crippen molar-refractivity contribution in [3.63, 3.8) is 0 Å². The van der Waals surface area contributed by atoms with Crippen molar-refractivity contribution in [3.05, 3.63) is 78.0 Å². The number of carbonyl (C=O) groups is 1. The second-order valence-electron chi connectivity index (χ2n) is 17.2. The van der Waals surface area contributed by atoms with Crippen LogP contribution in [0, 0.1) is 30.3 Å². The van der Waals surface area contributed by atoms with Gasteiger partial charge in [0.15, 0.2) is 11.5 Å². The van der Waals surface area contributed by atoms with Crippen LogP contribution in [-0.4, -0.2) is 154 Å². The number of amides is 1. The molecular formula is C45H51F3N12O4. The number of hydrogen-bond donors (Lipinski definition) is 1. The SMILES string of the molecule is CCN(CC1COC1)CC1COCCN1c1nc(N2C[C@@H]3C[C@H]2C(=O)N(C)C[C@H](OC)Cn2c(C)nc4cc(F)cc(c42)-c2cccc(n2)N3)c2cnn(-c3ccc(F)cc3F)c2n1. The minimum atomic E-state index is -0.804. The Labute approximate surface area is 367 Å². The van der Waals surface area contributed by atoms with E-state index in [1.807, 2.05) is 34.6 Å². The van der Waals surface area contributed by atoms with Crippen LogP contribution in [0.4, 0.5) is 30.8 Å². The van der Waals surface area contributed by atoms with Gasteiger partial charge in [0.1, 0.15) is 40.8 Å². The molecule has 4 atom stereocenters. The first kappa shape index (κ1) is 42.1. The fourth-order valence-electron chi connectivity index (χ4n) is 9.63. The summed E-state index contributed by atoms with van der Waals surface area (Å²) in [6, 6.07) is 10.6. The van der Waals surface area contributed by atoms with Crippen molar-refractivity contribution in [2.45, 2.75) is 51.0 Å². The standard InChI is InChI=1S/C45H51F3N12O4/c1-5-56(18-27-23-64-24-27)20-31-25-63-12-11-57(31)45-53-42(34-17-49-60(43(34)54-45)38-10-9-28(46)14-35(38)48)59-19-30-16-39(59)44(61)55(3)21-32(62-4)22-58-26(2)50-37-15-29(47)13-33(41(37)58)36-7-6-8-40(51-30)52-36/h6-10,13-15,17,27,30-32,39H,5,11-12,16,18-25H2,1-4H3,(H,51,52)/t30-,31?,32-,39-/m0/s1. The van der Waals surface area contributed by atoms with Crippen LogP contribution in [0.5, 0.6) is 0 Å². The molecule has 1 N–H and O–H groups in total. The van der Waals surface area contributed by atoms with E-state index in [2.05, 4.69) is 27.1 Å². The summed E-state index contributed by atoms with van der Waals surface area (Å²) in [6.07, 6.45) is 1.48.